The molecule has 2 aromatic carbocycles. The van der Waals surface area contributed by atoms with Gasteiger partial charge >= 0.3 is 0 Å². The molecule has 0 fully saturated rings. The zero-order valence-electron chi connectivity index (χ0n) is 13.4. The van der Waals surface area contributed by atoms with Crippen LogP contribution in [0.15, 0.2) is 48.5 Å². The van der Waals surface area contributed by atoms with Crippen molar-refractivity contribution in [2.24, 2.45) is 0 Å². The van der Waals surface area contributed by atoms with Gasteiger partial charge in [-0.05, 0) is 44.0 Å². The predicted molar refractivity (Wildman–Crippen MR) is 91.7 cm³/mol. The molecule has 2 aromatic rings. The molecule has 0 spiro atoms. The Morgan fingerprint density at radius 1 is 0.762 bits per heavy atom. The van der Waals surface area contributed by atoms with Crippen molar-refractivity contribution in [1.29, 1.82) is 0 Å². The first kappa shape index (κ1) is 15.6. The van der Waals surface area contributed by atoms with Crippen LogP contribution in [0.2, 0.25) is 0 Å². The van der Waals surface area contributed by atoms with Crippen molar-refractivity contribution in [3.63, 3.8) is 0 Å². The van der Waals surface area contributed by atoms with Gasteiger partial charge in [0.1, 0.15) is 0 Å². The van der Waals surface area contributed by atoms with E-state index in [1.54, 1.807) is 0 Å². The lowest BCUT2D eigenvalue weighted by Gasteiger charge is -2.21. The van der Waals surface area contributed by atoms with Crippen LogP contribution in [0, 0.1) is 6.92 Å². The molecule has 0 saturated heterocycles. The maximum Gasteiger partial charge on any atom is 0.0366 e. The summed E-state index contributed by atoms with van der Waals surface area (Å²) in [4.78, 5) is 2.36. The number of anilines is 1. The average Bonchev–Trinajstić information content (AvgIpc) is 2.52. The standard InChI is InChI=1S/C19H26N2/c1-4-21(5-2)19-12-10-18(11-13-19)15-20-14-17-8-6-16(3)7-9-17/h6-13,20H,4-5,14-15H2,1-3H3. The van der Waals surface area contributed by atoms with Gasteiger partial charge in [0.15, 0.2) is 0 Å². The molecule has 0 radical (unpaired) electrons. The number of benzene rings is 2. The summed E-state index contributed by atoms with van der Waals surface area (Å²) in [7, 11) is 0. The van der Waals surface area contributed by atoms with Crippen LogP contribution in [0.1, 0.15) is 30.5 Å². The van der Waals surface area contributed by atoms with Crippen LogP contribution in [-0.4, -0.2) is 13.1 Å². The van der Waals surface area contributed by atoms with Crippen LogP contribution in [0.3, 0.4) is 0 Å². The van der Waals surface area contributed by atoms with Crippen molar-refractivity contribution in [2.75, 3.05) is 18.0 Å². The lowest BCUT2D eigenvalue weighted by atomic mass is 10.1. The molecule has 0 unspecified atom stereocenters. The number of hydrogen-bond donors (Lipinski definition) is 1. The van der Waals surface area contributed by atoms with Gasteiger partial charge in [-0.2, -0.15) is 0 Å². The van der Waals surface area contributed by atoms with Crippen LogP contribution < -0.4 is 10.2 Å². The molecule has 0 saturated carbocycles. The molecule has 2 nitrogen and oxygen atoms in total. The van der Waals surface area contributed by atoms with E-state index in [1.807, 2.05) is 0 Å². The third-order valence-electron chi connectivity index (χ3n) is 3.84. The second kappa shape index (κ2) is 7.84. The summed E-state index contributed by atoms with van der Waals surface area (Å²) in [6, 6.07) is 17.6. The minimum absolute atomic E-state index is 0.909. The molecule has 0 bridgehead atoms. The molecule has 0 heterocycles. The van der Waals surface area contributed by atoms with Crippen LogP contribution in [-0.2, 0) is 13.1 Å². The van der Waals surface area contributed by atoms with Gasteiger partial charge in [-0.25, -0.2) is 0 Å². The van der Waals surface area contributed by atoms with E-state index < -0.39 is 0 Å². The van der Waals surface area contributed by atoms with Crippen LogP contribution in [0.5, 0.6) is 0 Å². The molecule has 0 aromatic heterocycles. The Hall–Kier alpha value is -1.80. The maximum atomic E-state index is 3.50. The number of hydrogen-bond acceptors (Lipinski definition) is 2. The maximum absolute atomic E-state index is 3.50. The van der Waals surface area contributed by atoms with E-state index in [9.17, 15) is 0 Å². The molecule has 21 heavy (non-hydrogen) atoms. The fourth-order valence-electron chi connectivity index (χ4n) is 2.47. The van der Waals surface area contributed by atoms with Gasteiger partial charge < -0.3 is 10.2 Å². The molecule has 2 rings (SSSR count). The molecule has 0 aliphatic heterocycles. The third-order valence-corrected chi connectivity index (χ3v) is 3.84. The quantitative estimate of drug-likeness (QED) is 0.821. The van der Waals surface area contributed by atoms with Gasteiger partial charge in [0.05, 0.1) is 0 Å². The fraction of sp³-hybridized carbons (Fsp3) is 0.368. The van der Waals surface area contributed by atoms with Crippen molar-refractivity contribution >= 4 is 5.69 Å². The molecule has 0 atom stereocenters. The Kier molecular flexibility index (Phi) is 5.82. The van der Waals surface area contributed by atoms with Crippen LogP contribution in [0.4, 0.5) is 5.69 Å². The second-order valence-corrected chi connectivity index (χ2v) is 5.43. The predicted octanol–water partition coefficient (Wildman–Crippen LogP) is 4.13. The minimum atomic E-state index is 0.909. The average molecular weight is 282 g/mol. The van der Waals surface area contributed by atoms with E-state index in [-0.39, 0.29) is 0 Å². The number of rotatable bonds is 7. The summed E-state index contributed by atoms with van der Waals surface area (Å²) >= 11 is 0. The fourth-order valence-corrected chi connectivity index (χ4v) is 2.47. The SMILES string of the molecule is CCN(CC)c1ccc(CNCc2ccc(C)cc2)cc1. The zero-order valence-corrected chi connectivity index (χ0v) is 13.4. The van der Waals surface area contributed by atoms with E-state index in [0.717, 1.165) is 26.2 Å². The molecule has 1 N–H and O–H groups in total. The normalized spacial score (nSPS) is 10.6. The molecule has 0 aliphatic carbocycles. The minimum Gasteiger partial charge on any atom is -0.372 e. The van der Waals surface area contributed by atoms with Crippen LogP contribution in [0.25, 0.3) is 0 Å². The van der Waals surface area contributed by atoms with E-state index in [4.69, 9.17) is 0 Å². The van der Waals surface area contributed by atoms with Gasteiger partial charge in [-0.3, -0.25) is 0 Å². The van der Waals surface area contributed by atoms with Crippen molar-refractivity contribution < 1.29 is 0 Å². The van der Waals surface area contributed by atoms with Gasteiger partial charge in [-0.1, -0.05) is 42.0 Å². The topological polar surface area (TPSA) is 15.3 Å². The monoisotopic (exact) mass is 282 g/mol. The summed E-state index contributed by atoms with van der Waals surface area (Å²) in [6.07, 6.45) is 0. The Labute approximate surface area is 128 Å². The Bertz CT molecular complexity index is 524. The van der Waals surface area contributed by atoms with Crippen molar-refractivity contribution in [1.82, 2.24) is 5.32 Å². The van der Waals surface area contributed by atoms with E-state index >= 15 is 0 Å². The van der Waals surface area contributed by atoms with E-state index in [0.29, 0.717) is 0 Å². The summed E-state index contributed by atoms with van der Waals surface area (Å²) in [5.41, 5.74) is 5.28. The van der Waals surface area contributed by atoms with E-state index in [1.165, 1.54) is 22.4 Å². The van der Waals surface area contributed by atoms with Crippen LogP contribution >= 0.6 is 0 Å². The Morgan fingerprint density at radius 3 is 1.71 bits per heavy atom. The lowest BCUT2D eigenvalue weighted by Crippen LogP contribution is -2.21. The molecule has 112 valence electrons. The van der Waals surface area contributed by atoms with Gasteiger partial charge in [0, 0.05) is 31.9 Å². The molecular weight excluding hydrogens is 256 g/mol. The highest BCUT2D eigenvalue weighted by molar-refractivity contribution is 5.47. The van der Waals surface area contributed by atoms with Gasteiger partial charge in [-0.15, -0.1) is 0 Å². The highest BCUT2D eigenvalue weighted by Gasteiger charge is 2.01. The molecule has 0 aliphatic rings. The van der Waals surface area contributed by atoms with Crippen molar-refractivity contribution in [3.8, 4) is 0 Å². The zero-order chi connectivity index (χ0) is 15.1. The third kappa shape index (κ3) is 4.61. The first-order valence-corrected chi connectivity index (χ1v) is 7.83. The highest BCUT2D eigenvalue weighted by Crippen LogP contribution is 2.15. The Balaban J connectivity index is 1.84. The van der Waals surface area contributed by atoms with Gasteiger partial charge in [0.25, 0.3) is 0 Å². The number of aryl methyl sites for hydroxylation is 1. The highest BCUT2D eigenvalue weighted by atomic mass is 15.1. The Morgan fingerprint density at radius 2 is 1.24 bits per heavy atom. The number of nitrogens with one attached hydrogen (secondary N) is 1. The largest absolute Gasteiger partial charge is 0.372 e. The summed E-state index contributed by atoms with van der Waals surface area (Å²) in [6.45, 7) is 10.4. The van der Waals surface area contributed by atoms with Crippen molar-refractivity contribution in [3.05, 3.63) is 65.2 Å². The summed E-state index contributed by atoms with van der Waals surface area (Å²) in [5.74, 6) is 0. The lowest BCUT2D eigenvalue weighted by molar-refractivity contribution is 0.693. The molecular formula is C19H26N2. The second-order valence-electron chi connectivity index (χ2n) is 5.43. The first-order chi connectivity index (χ1) is 10.2. The van der Waals surface area contributed by atoms with Gasteiger partial charge in [0.2, 0.25) is 0 Å². The molecule has 0 amide bonds. The smallest absolute Gasteiger partial charge is 0.0366 e. The van der Waals surface area contributed by atoms with E-state index in [2.05, 4.69) is 79.5 Å². The van der Waals surface area contributed by atoms with Crippen molar-refractivity contribution in [2.45, 2.75) is 33.9 Å². The summed E-state index contributed by atoms with van der Waals surface area (Å²) < 4.78 is 0. The molecule has 2 heteroatoms. The number of nitrogens with zero attached hydrogens (tertiary/aromatic N) is 1. The first-order valence-electron chi connectivity index (χ1n) is 7.83. The summed E-state index contributed by atoms with van der Waals surface area (Å²) in [5, 5.41) is 3.50.